The number of furan rings is 1. The number of carboxylic acids is 1. The van der Waals surface area contributed by atoms with E-state index in [1.165, 1.54) is 12.3 Å². The zero-order valence-corrected chi connectivity index (χ0v) is 11.2. The number of hydrogen-bond acceptors (Lipinski definition) is 3. The van der Waals surface area contributed by atoms with Crippen molar-refractivity contribution in [2.24, 2.45) is 0 Å². The van der Waals surface area contributed by atoms with Crippen LogP contribution in [0.2, 0.25) is 0 Å². The zero-order chi connectivity index (χ0) is 14.0. The molecule has 100 valence electrons. The smallest absolute Gasteiger partial charge is 0.338 e. The van der Waals surface area contributed by atoms with Gasteiger partial charge < -0.3 is 14.3 Å². The highest BCUT2D eigenvalue weighted by atomic mass is 16.5. The summed E-state index contributed by atoms with van der Waals surface area (Å²) in [6.07, 6.45) is 1.22. The van der Waals surface area contributed by atoms with Crippen molar-refractivity contribution in [3.8, 4) is 5.75 Å². The lowest BCUT2D eigenvalue weighted by atomic mass is 10.1. The predicted octanol–water partition coefficient (Wildman–Crippen LogP) is 3.48. The quantitative estimate of drug-likeness (QED) is 0.914. The molecule has 0 radical (unpaired) electrons. The number of hydrogen-bond donors (Lipinski definition) is 1. The predicted molar refractivity (Wildman–Crippen MR) is 70.7 cm³/mol. The van der Waals surface area contributed by atoms with E-state index >= 15 is 0 Å². The summed E-state index contributed by atoms with van der Waals surface area (Å²) in [4.78, 5) is 10.7. The number of aryl methyl sites for hydroxylation is 2. The van der Waals surface area contributed by atoms with Gasteiger partial charge >= 0.3 is 5.97 Å². The van der Waals surface area contributed by atoms with Crippen LogP contribution in [0.5, 0.6) is 5.75 Å². The lowest BCUT2D eigenvalue weighted by Crippen LogP contribution is -1.99. The van der Waals surface area contributed by atoms with Gasteiger partial charge in [-0.1, -0.05) is 12.1 Å². The molecule has 0 aliphatic heterocycles. The summed E-state index contributed by atoms with van der Waals surface area (Å²) < 4.78 is 10.9. The lowest BCUT2D eigenvalue weighted by molar-refractivity contribution is 0.0696. The molecule has 0 saturated carbocycles. The number of aromatic carboxylic acids is 1. The van der Waals surface area contributed by atoms with Gasteiger partial charge in [-0.25, -0.2) is 4.79 Å². The van der Waals surface area contributed by atoms with Crippen molar-refractivity contribution in [2.75, 3.05) is 0 Å². The van der Waals surface area contributed by atoms with E-state index in [2.05, 4.69) is 0 Å². The SMILES string of the molecule is Cc1ccc(C)c(OCc2cc(C(=O)O)co2)c1C. The van der Waals surface area contributed by atoms with E-state index in [1.54, 1.807) is 0 Å². The van der Waals surface area contributed by atoms with Crippen LogP contribution in [0.3, 0.4) is 0 Å². The zero-order valence-electron chi connectivity index (χ0n) is 11.2. The van der Waals surface area contributed by atoms with Crippen LogP contribution in [0, 0.1) is 20.8 Å². The molecule has 0 unspecified atom stereocenters. The van der Waals surface area contributed by atoms with Gasteiger partial charge in [0.05, 0.1) is 5.56 Å². The molecule has 1 aromatic heterocycles. The fourth-order valence-corrected chi connectivity index (χ4v) is 1.86. The third-order valence-electron chi connectivity index (χ3n) is 3.13. The second kappa shape index (κ2) is 5.18. The van der Waals surface area contributed by atoms with Gasteiger partial charge in [0.15, 0.2) is 0 Å². The van der Waals surface area contributed by atoms with Crippen LogP contribution in [-0.4, -0.2) is 11.1 Å². The highest BCUT2D eigenvalue weighted by Gasteiger charge is 2.11. The highest BCUT2D eigenvalue weighted by Crippen LogP contribution is 2.26. The van der Waals surface area contributed by atoms with Gasteiger partial charge in [-0.05, 0) is 43.5 Å². The summed E-state index contributed by atoms with van der Waals surface area (Å²) >= 11 is 0. The van der Waals surface area contributed by atoms with Crippen LogP contribution in [0.1, 0.15) is 32.8 Å². The second-order valence-electron chi connectivity index (χ2n) is 4.55. The molecule has 0 bridgehead atoms. The van der Waals surface area contributed by atoms with Gasteiger partial charge in [0.2, 0.25) is 0 Å². The molecule has 2 aromatic rings. The largest absolute Gasteiger partial charge is 0.485 e. The molecule has 1 heterocycles. The minimum absolute atomic E-state index is 0.135. The molecule has 0 aliphatic carbocycles. The van der Waals surface area contributed by atoms with Crippen LogP contribution in [0.4, 0.5) is 0 Å². The first-order valence-corrected chi connectivity index (χ1v) is 5.99. The van der Waals surface area contributed by atoms with E-state index in [1.807, 2.05) is 32.9 Å². The maximum absolute atomic E-state index is 10.7. The molecule has 1 N–H and O–H groups in total. The van der Waals surface area contributed by atoms with Crippen molar-refractivity contribution in [3.63, 3.8) is 0 Å². The van der Waals surface area contributed by atoms with Crippen molar-refractivity contribution in [1.29, 1.82) is 0 Å². The van der Waals surface area contributed by atoms with Crippen molar-refractivity contribution in [2.45, 2.75) is 27.4 Å². The second-order valence-corrected chi connectivity index (χ2v) is 4.55. The Balaban J connectivity index is 2.14. The van der Waals surface area contributed by atoms with E-state index in [9.17, 15) is 4.79 Å². The Bertz CT molecular complexity index is 611. The average Bonchev–Trinajstić information content (AvgIpc) is 2.83. The summed E-state index contributed by atoms with van der Waals surface area (Å²) in [6.45, 7) is 6.23. The standard InChI is InChI=1S/C15H16O4/c1-9-4-5-10(2)14(11(9)3)19-8-13-6-12(7-18-13)15(16)17/h4-7H,8H2,1-3H3,(H,16,17). The van der Waals surface area contributed by atoms with Gasteiger partial charge in [0, 0.05) is 0 Å². The summed E-state index contributed by atoms with van der Waals surface area (Å²) in [5, 5.41) is 8.81. The fourth-order valence-electron chi connectivity index (χ4n) is 1.86. The number of carboxylic acid groups (broad SMARTS) is 1. The summed E-state index contributed by atoms with van der Waals surface area (Å²) in [6, 6.07) is 5.53. The number of benzene rings is 1. The molecule has 0 saturated heterocycles. The third kappa shape index (κ3) is 2.78. The Labute approximate surface area is 111 Å². The maximum atomic E-state index is 10.7. The first-order valence-electron chi connectivity index (χ1n) is 5.99. The van der Waals surface area contributed by atoms with Crippen molar-refractivity contribution >= 4 is 5.97 Å². The van der Waals surface area contributed by atoms with E-state index in [0.29, 0.717) is 5.76 Å². The Morgan fingerprint density at radius 3 is 2.58 bits per heavy atom. The maximum Gasteiger partial charge on any atom is 0.338 e. The molecule has 2 rings (SSSR count). The summed E-state index contributed by atoms with van der Waals surface area (Å²) in [5.41, 5.74) is 3.43. The molecular formula is C15H16O4. The highest BCUT2D eigenvalue weighted by molar-refractivity contribution is 5.87. The fraction of sp³-hybridized carbons (Fsp3) is 0.267. The third-order valence-corrected chi connectivity index (χ3v) is 3.13. The Kier molecular flexibility index (Phi) is 3.60. The minimum atomic E-state index is -1.00. The number of carbonyl (C=O) groups is 1. The van der Waals surface area contributed by atoms with Crippen LogP contribution in [0.25, 0.3) is 0 Å². The van der Waals surface area contributed by atoms with Crippen molar-refractivity contribution in [1.82, 2.24) is 0 Å². The molecule has 0 aliphatic rings. The average molecular weight is 260 g/mol. The van der Waals surface area contributed by atoms with Gasteiger partial charge in [0.1, 0.15) is 24.4 Å². The van der Waals surface area contributed by atoms with Gasteiger partial charge in [-0.3, -0.25) is 0 Å². The molecule has 0 spiro atoms. The van der Waals surface area contributed by atoms with E-state index < -0.39 is 5.97 Å². The van der Waals surface area contributed by atoms with Crippen molar-refractivity contribution < 1.29 is 19.1 Å². The van der Waals surface area contributed by atoms with Crippen LogP contribution >= 0.6 is 0 Å². The Morgan fingerprint density at radius 1 is 1.26 bits per heavy atom. The molecular weight excluding hydrogens is 244 g/mol. The monoisotopic (exact) mass is 260 g/mol. The number of rotatable bonds is 4. The molecule has 0 fully saturated rings. The van der Waals surface area contributed by atoms with Gasteiger partial charge in [-0.15, -0.1) is 0 Å². The molecule has 4 heteroatoms. The van der Waals surface area contributed by atoms with Gasteiger partial charge in [-0.2, -0.15) is 0 Å². The van der Waals surface area contributed by atoms with E-state index in [0.717, 1.165) is 22.4 Å². The Hall–Kier alpha value is -2.23. The van der Waals surface area contributed by atoms with Crippen LogP contribution < -0.4 is 4.74 Å². The van der Waals surface area contributed by atoms with E-state index in [4.69, 9.17) is 14.3 Å². The summed E-state index contributed by atoms with van der Waals surface area (Å²) in [5.74, 6) is 0.323. The van der Waals surface area contributed by atoms with Gasteiger partial charge in [0.25, 0.3) is 0 Å². The lowest BCUT2D eigenvalue weighted by Gasteiger charge is -2.12. The summed E-state index contributed by atoms with van der Waals surface area (Å²) in [7, 11) is 0. The minimum Gasteiger partial charge on any atom is -0.485 e. The number of ether oxygens (including phenoxy) is 1. The first kappa shape index (κ1) is 13.2. The molecule has 0 amide bonds. The molecule has 0 atom stereocenters. The molecule has 19 heavy (non-hydrogen) atoms. The topological polar surface area (TPSA) is 59.7 Å². The Morgan fingerprint density at radius 2 is 1.95 bits per heavy atom. The van der Waals surface area contributed by atoms with E-state index in [-0.39, 0.29) is 12.2 Å². The van der Waals surface area contributed by atoms with Crippen LogP contribution in [0.15, 0.2) is 28.9 Å². The van der Waals surface area contributed by atoms with Crippen LogP contribution in [-0.2, 0) is 6.61 Å². The molecule has 4 nitrogen and oxygen atoms in total. The first-order chi connectivity index (χ1) is 8.99. The van der Waals surface area contributed by atoms with Crippen molar-refractivity contribution in [3.05, 3.63) is 52.5 Å². The normalized spacial score (nSPS) is 10.5. The molecule has 1 aromatic carbocycles.